The lowest BCUT2D eigenvalue weighted by molar-refractivity contribution is -0.134. The summed E-state index contributed by atoms with van der Waals surface area (Å²) in [5, 5.41) is 10.4. The lowest BCUT2D eigenvalue weighted by Gasteiger charge is -2.25. The van der Waals surface area contributed by atoms with Gasteiger partial charge in [-0.2, -0.15) is 0 Å². The highest BCUT2D eigenvalue weighted by molar-refractivity contribution is 5.76. The van der Waals surface area contributed by atoms with E-state index in [0.717, 1.165) is 35.5 Å². The molecule has 0 radical (unpaired) electrons. The highest BCUT2D eigenvalue weighted by Crippen LogP contribution is 2.19. The number of carbonyl (C=O) groups excluding carboxylic acids is 1. The molecule has 1 unspecified atom stereocenters. The normalized spacial score (nSPS) is 11.7. The van der Waals surface area contributed by atoms with Crippen LogP contribution in [0, 0.1) is 0 Å². The first-order valence-corrected chi connectivity index (χ1v) is 11.3. The van der Waals surface area contributed by atoms with Gasteiger partial charge in [0.05, 0.1) is 26.7 Å². The molecule has 2 aromatic carbocycles. The van der Waals surface area contributed by atoms with Gasteiger partial charge in [-0.3, -0.25) is 4.79 Å². The molecule has 0 bridgehead atoms. The van der Waals surface area contributed by atoms with Gasteiger partial charge in [0.1, 0.15) is 11.5 Å². The molecule has 5 nitrogen and oxygen atoms in total. The van der Waals surface area contributed by atoms with Gasteiger partial charge in [0.15, 0.2) is 0 Å². The summed E-state index contributed by atoms with van der Waals surface area (Å²) < 4.78 is 10.5. The molecule has 1 N–H and O–H groups in total. The van der Waals surface area contributed by atoms with Crippen LogP contribution in [0.3, 0.4) is 0 Å². The van der Waals surface area contributed by atoms with E-state index in [1.54, 1.807) is 14.2 Å². The molecule has 1 amide bonds. The number of aliphatic hydroxyl groups is 1. The second-order valence-corrected chi connectivity index (χ2v) is 8.01. The average Bonchev–Trinajstić information content (AvgIpc) is 2.79. The lowest BCUT2D eigenvalue weighted by Crippen LogP contribution is -2.32. The van der Waals surface area contributed by atoms with Crippen LogP contribution in [0.1, 0.15) is 63.0 Å². The van der Waals surface area contributed by atoms with E-state index in [4.69, 9.17) is 9.47 Å². The maximum Gasteiger partial charge on any atom is 0.225 e. The summed E-state index contributed by atoms with van der Waals surface area (Å²) in [6, 6.07) is 15.5. The molecular weight excluding hydrogens is 390 g/mol. The average molecular weight is 428 g/mol. The summed E-state index contributed by atoms with van der Waals surface area (Å²) in [6.07, 6.45) is 5.93. The Morgan fingerprint density at radius 2 is 1.32 bits per heavy atom. The van der Waals surface area contributed by atoms with Crippen molar-refractivity contribution in [2.24, 2.45) is 0 Å². The number of rotatable bonds is 14. The van der Waals surface area contributed by atoms with Gasteiger partial charge < -0.3 is 19.5 Å². The topological polar surface area (TPSA) is 59.0 Å². The minimum absolute atomic E-state index is 0.0345. The van der Waals surface area contributed by atoms with Crippen LogP contribution in [0.4, 0.5) is 0 Å². The van der Waals surface area contributed by atoms with E-state index >= 15 is 0 Å². The van der Waals surface area contributed by atoms with Crippen molar-refractivity contribution in [3.8, 4) is 11.5 Å². The van der Waals surface area contributed by atoms with Crippen LogP contribution in [-0.2, 0) is 17.9 Å². The molecule has 170 valence electrons. The minimum atomic E-state index is -0.594. The third-order valence-electron chi connectivity index (χ3n) is 5.47. The number of hydrogen-bond donors (Lipinski definition) is 1. The predicted molar refractivity (Wildman–Crippen MR) is 124 cm³/mol. The number of nitrogens with zero attached hydrogens (tertiary/aromatic N) is 1. The van der Waals surface area contributed by atoms with Crippen molar-refractivity contribution in [3.63, 3.8) is 0 Å². The van der Waals surface area contributed by atoms with Crippen LogP contribution < -0.4 is 9.47 Å². The molecule has 1 atom stereocenters. The number of hydrogen-bond acceptors (Lipinski definition) is 4. The smallest absolute Gasteiger partial charge is 0.225 e. The first-order valence-electron chi connectivity index (χ1n) is 11.3. The molecule has 0 heterocycles. The summed E-state index contributed by atoms with van der Waals surface area (Å²) in [4.78, 5) is 14.9. The second kappa shape index (κ2) is 13.7. The van der Waals surface area contributed by atoms with E-state index in [0.29, 0.717) is 19.5 Å². The SMILES string of the molecule is CCCCCCCC(O)CC(=O)N(Cc1ccc(OC)cc1)Cc1ccc(OC)cc1. The molecule has 5 heteroatoms. The number of aliphatic hydroxyl groups excluding tert-OH is 1. The monoisotopic (exact) mass is 427 g/mol. The fourth-order valence-electron chi connectivity index (χ4n) is 3.55. The van der Waals surface area contributed by atoms with Crippen molar-refractivity contribution in [1.29, 1.82) is 0 Å². The number of carbonyl (C=O) groups is 1. The van der Waals surface area contributed by atoms with Crippen molar-refractivity contribution in [3.05, 3.63) is 59.7 Å². The van der Waals surface area contributed by atoms with E-state index in [1.807, 2.05) is 53.4 Å². The Hall–Kier alpha value is -2.53. The summed E-state index contributed by atoms with van der Waals surface area (Å²) in [6.45, 7) is 3.16. The Morgan fingerprint density at radius 3 is 1.77 bits per heavy atom. The highest BCUT2D eigenvalue weighted by Gasteiger charge is 2.19. The summed E-state index contributed by atoms with van der Waals surface area (Å²) in [7, 11) is 3.27. The molecule has 0 saturated carbocycles. The molecule has 0 aliphatic rings. The molecule has 31 heavy (non-hydrogen) atoms. The van der Waals surface area contributed by atoms with E-state index < -0.39 is 6.10 Å². The van der Waals surface area contributed by atoms with E-state index in [2.05, 4.69) is 6.92 Å². The Kier molecular flexibility index (Phi) is 10.9. The van der Waals surface area contributed by atoms with Gasteiger partial charge in [-0.15, -0.1) is 0 Å². The maximum absolute atomic E-state index is 13.1. The Morgan fingerprint density at radius 1 is 0.839 bits per heavy atom. The summed E-state index contributed by atoms with van der Waals surface area (Å²) >= 11 is 0. The van der Waals surface area contributed by atoms with Gasteiger partial charge in [0.2, 0.25) is 5.91 Å². The number of unbranched alkanes of at least 4 members (excludes halogenated alkanes) is 4. The number of ether oxygens (including phenoxy) is 2. The number of benzene rings is 2. The molecule has 0 spiro atoms. The minimum Gasteiger partial charge on any atom is -0.497 e. The van der Waals surface area contributed by atoms with Gasteiger partial charge in [0.25, 0.3) is 0 Å². The molecular formula is C26H37NO4. The van der Waals surface area contributed by atoms with Gasteiger partial charge in [-0.25, -0.2) is 0 Å². The zero-order valence-corrected chi connectivity index (χ0v) is 19.2. The van der Waals surface area contributed by atoms with Crippen LogP contribution in [0.5, 0.6) is 11.5 Å². The Bertz CT molecular complexity index is 708. The largest absolute Gasteiger partial charge is 0.497 e. The molecule has 0 aromatic heterocycles. The van der Waals surface area contributed by atoms with Crippen LogP contribution in [0.2, 0.25) is 0 Å². The van der Waals surface area contributed by atoms with Gasteiger partial charge in [-0.05, 0) is 41.8 Å². The standard InChI is InChI=1S/C26H37NO4/c1-4-5-6-7-8-9-23(28)18-26(29)27(19-21-10-14-24(30-2)15-11-21)20-22-12-16-25(31-3)17-13-22/h10-17,23,28H,4-9,18-20H2,1-3H3. The van der Waals surface area contributed by atoms with Crippen molar-refractivity contribution < 1.29 is 19.4 Å². The predicted octanol–water partition coefficient (Wildman–Crippen LogP) is 5.34. The van der Waals surface area contributed by atoms with Gasteiger partial charge >= 0.3 is 0 Å². The van der Waals surface area contributed by atoms with Crippen LogP contribution in [0.25, 0.3) is 0 Å². The van der Waals surface area contributed by atoms with E-state index in [1.165, 1.54) is 19.3 Å². The number of amides is 1. The Balaban J connectivity index is 2.01. The van der Waals surface area contributed by atoms with Crippen molar-refractivity contribution in [2.45, 2.75) is 71.1 Å². The van der Waals surface area contributed by atoms with E-state index in [9.17, 15) is 9.90 Å². The molecule has 0 fully saturated rings. The Labute approximate surface area is 187 Å². The third kappa shape index (κ3) is 9.01. The first-order chi connectivity index (χ1) is 15.0. The van der Waals surface area contributed by atoms with Gasteiger partial charge in [-0.1, -0.05) is 63.3 Å². The van der Waals surface area contributed by atoms with Crippen LogP contribution >= 0.6 is 0 Å². The summed E-state index contributed by atoms with van der Waals surface area (Å²) in [5.74, 6) is 1.54. The van der Waals surface area contributed by atoms with Crippen molar-refractivity contribution >= 4 is 5.91 Å². The summed E-state index contributed by atoms with van der Waals surface area (Å²) in [5.41, 5.74) is 2.05. The van der Waals surface area contributed by atoms with Crippen molar-refractivity contribution in [1.82, 2.24) is 4.90 Å². The lowest BCUT2D eigenvalue weighted by atomic mass is 10.0. The molecule has 2 aromatic rings. The van der Waals surface area contributed by atoms with E-state index in [-0.39, 0.29) is 12.3 Å². The molecule has 2 rings (SSSR count). The van der Waals surface area contributed by atoms with Crippen LogP contribution in [-0.4, -0.2) is 36.2 Å². The quantitative estimate of drug-likeness (QED) is 0.413. The fraction of sp³-hybridized carbons (Fsp3) is 0.500. The zero-order valence-electron chi connectivity index (χ0n) is 19.2. The molecule has 0 aliphatic carbocycles. The van der Waals surface area contributed by atoms with Crippen LogP contribution in [0.15, 0.2) is 48.5 Å². The zero-order chi connectivity index (χ0) is 22.5. The first kappa shape index (κ1) is 24.7. The fourth-order valence-corrected chi connectivity index (χ4v) is 3.55. The highest BCUT2D eigenvalue weighted by atomic mass is 16.5. The molecule has 0 saturated heterocycles. The third-order valence-corrected chi connectivity index (χ3v) is 5.47. The van der Waals surface area contributed by atoms with Gasteiger partial charge in [0, 0.05) is 13.1 Å². The van der Waals surface area contributed by atoms with Crippen molar-refractivity contribution in [2.75, 3.05) is 14.2 Å². The second-order valence-electron chi connectivity index (χ2n) is 8.01. The number of methoxy groups -OCH3 is 2. The molecule has 0 aliphatic heterocycles. The maximum atomic E-state index is 13.1.